The van der Waals surface area contributed by atoms with Crippen molar-refractivity contribution >= 4 is 29.2 Å². The van der Waals surface area contributed by atoms with E-state index in [0.29, 0.717) is 22.2 Å². The molecule has 33 heavy (non-hydrogen) atoms. The predicted octanol–water partition coefficient (Wildman–Crippen LogP) is 4.72. The maximum atomic E-state index is 12.8. The molecule has 4 rings (SSSR count). The third-order valence-electron chi connectivity index (χ3n) is 5.37. The first-order valence-electron chi connectivity index (χ1n) is 10.6. The van der Waals surface area contributed by atoms with Gasteiger partial charge in [0.15, 0.2) is 0 Å². The maximum Gasteiger partial charge on any atom is 0.264 e. The highest BCUT2D eigenvalue weighted by molar-refractivity contribution is 7.98. The van der Waals surface area contributed by atoms with Gasteiger partial charge in [-0.25, -0.2) is 4.68 Å². The lowest BCUT2D eigenvalue weighted by molar-refractivity contribution is -0.116. The molecular formula is C24H26N6O2S. The van der Waals surface area contributed by atoms with Crippen molar-refractivity contribution in [3.8, 4) is 22.8 Å². The van der Waals surface area contributed by atoms with E-state index >= 15 is 0 Å². The molecule has 170 valence electrons. The summed E-state index contributed by atoms with van der Waals surface area (Å²) >= 11 is 1.40. The molecular weight excluding hydrogens is 436 g/mol. The summed E-state index contributed by atoms with van der Waals surface area (Å²) in [5.41, 5.74) is 11.8. The summed E-state index contributed by atoms with van der Waals surface area (Å²) in [6, 6.07) is 13.8. The first-order valence-corrected chi connectivity index (χ1v) is 11.8. The van der Waals surface area contributed by atoms with E-state index in [1.807, 2.05) is 62.6 Å². The standard InChI is InChI=1S/C24H26N6O2S/c1-5-16-10-7-9-15(3)20(16)26-18(31)13-30-21(25)19(24(28-30)33-4)23-27-22(29-32-23)17-11-6-8-14(2)12-17/h6-12H,5,13,25H2,1-4H3,(H,26,31). The molecule has 1 amide bonds. The number of aromatic nitrogens is 4. The summed E-state index contributed by atoms with van der Waals surface area (Å²) in [6.45, 7) is 6.00. The molecule has 0 atom stereocenters. The molecule has 9 heteroatoms. The van der Waals surface area contributed by atoms with Crippen molar-refractivity contribution in [3.05, 3.63) is 59.2 Å². The molecule has 0 unspecified atom stereocenters. The second kappa shape index (κ2) is 9.50. The highest BCUT2D eigenvalue weighted by atomic mass is 32.2. The summed E-state index contributed by atoms with van der Waals surface area (Å²) in [5, 5.41) is 12.2. The summed E-state index contributed by atoms with van der Waals surface area (Å²) in [7, 11) is 0. The number of rotatable bonds is 7. The van der Waals surface area contributed by atoms with Crippen molar-refractivity contribution in [3.63, 3.8) is 0 Å². The van der Waals surface area contributed by atoms with Crippen LogP contribution in [0.15, 0.2) is 52.0 Å². The molecule has 2 heterocycles. The number of hydrogen-bond donors (Lipinski definition) is 2. The van der Waals surface area contributed by atoms with Gasteiger partial charge in [0.2, 0.25) is 11.7 Å². The number of anilines is 2. The van der Waals surface area contributed by atoms with E-state index in [1.54, 1.807) is 0 Å². The molecule has 0 bridgehead atoms. The lowest BCUT2D eigenvalue weighted by Crippen LogP contribution is -2.21. The van der Waals surface area contributed by atoms with Crippen molar-refractivity contribution in [2.45, 2.75) is 38.8 Å². The zero-order valence-corrected chi connectivity index (χ0v) is 19.9. The molecule has 0 aliphatic rings. The Labute approximate surface area is 196 Å². The molecule has 2 aromatic heterocycles. The quantitative estimate of drug-likeness (QED) is 0.382. The van der Waals surface area contributed by atoms with Crippen LogP contribution < -0.4 is 11.1 Å². The zero-order chi connectivity index (χ0) is 23.5. The van der Waals surface area contributed by atoms with Gasteiger partial charge in [0.25, 0.3) is 5.89 Å². The van der Waals surface area contributed by atoms with Gasteiger partial charge in [-0.1, -0.05) is 54.0 Å². The fraction of sp³-hybridized carbons (Fsp3) is 0.250. The maximum absolute atomic E-state index is 12.8. The topological polar surface area (TPSA) is 112 Å². The number of nitrogens with one attached hydrogen (secondary N) is 1. The van der Waals surface area contributed by atoms with Crippen LogP contribution >= 0.6 is 11.8 Å². The van der Waals surface area contributed by atoms with Gasteiger partial charge in [0, 0.05) is 11.3 Å². The van der Waals surface area contributed by atoms with Gasteiger partial charge < -0.3 is 15.6 Å². The van der Waals surface area contributed by atoms with E-state index in [4.69, 9.17) is 10.3 Å². The molecule has 0 aliphatic heterocycles. The first kappa shape index (κ1) is 22.6. The fourth-order valence-corrected chi connectivity index (χ4v) is 4.24. The Morgan fingerprint density at radius 3 is 2.73 bits per heavy atom. The average Bonchev–Trinajstić information content (AvgIpc) is 3.40. The van der Waals surface area contributed by atoms with Gasteiger partial charge in [-0.05, 0) is 43.7 Å². The number of aryl methyl sites for hydroxylation is 3. The summed E-state index contributed by atoms with van der Waals surface area (Å²) in [6.07, 6.45) is 2.71. The Morgan fingerprint density at radius 1 is 1.21 bits per heavy atom. The van der Waals surface area contributed by atoms with E-state index in [0.717, 1.165) is 34.4 Å². The largest absolute Gasteiger partial charge is 0.383 e. The van der Waals surface area contributed by atoms with Gasteiger partial charge >= 0.3 is 0 Å². The highest BCUT2D eigenvalue weighted by Gasteiger charge is 2.24. The Hall–Kier alpha value is -3.59. The van der Waals surface area contributed by atoms with Gasteiger partial charge in [-0.15, -0.1) is 11.8 Å². The Morgan fingerprint density at radius 2 is 2.00 bits per heavy atom. The Bertz CT molecular complexity index is 1310. The van der Waals surface area contributed by atoms with Gasteiger partial charge in [0.1, 0.15) is 23.0 Å². The molecule has 0 saturated heterocycles. The number of nitrogens with zero attached hydrogens (tertiary/aromatic N) is 4. The number of nitrogens with two attached hydrogens (primary N) is 1. The van der Waals surface area contributed by atoms with Crippen LogP contribution in [0.2, 0.25) is 0 Å². The van der Waals surface area contributed by atoms with Crippen LogP contribution in [-0.4, -0.2) is 32.1 Å². The third kappa shape index (κ3) is 4.63. The van der Waals surface area contributed by atoms with Crippen molar-refractivity contribution in [1.82, 2.24) is 19.9 Å². The van der Waals surface area contributed by atoms with Crippen LogP contribution in [0.5, 0.6) is 0 Å². The minimum atomic E-state index is -0.210. The molecule has 4 aromatic rings. The van der Waals surface area contributed by atoms with Crippen LogP contribution in [0.3, 0.4) is 0 Å². The molecule has 0 saturated carbocycles. The summed E-state index contributed by atoms with van der Waals surface area (Å²) in [4.78, 5) is 17.4. The molecule has 3 N–H and O–H groups in total. The van der Waals surface area contributed by atoms with Crippen LogP contribution in [0, 0.1) is 13.8 Å². The zero-order valence-electron chi connectivity index (χ0n) is 19.0. The third-order valence-corrected chi connectivity index (χ3v) is 6.04. The lowest BCUT2D eigenvalue weighted by Gasteiger charge is -2.13. The average molecular weight is 463 g/mol. The van der Waals surface area contributed by atoms with E-state index in [9.17, 15) is 4.79 Å². The van der Waals surface area contributed by atoms with Crippen molar-refractivity contribution in [2.24, 2.45) is 0 Å². The number of benzene rings is 2. The van der Waals surface area contributed by atoms with E-state index in [-0.39, 0.29) is 18.3 Å². The molecule has 0 radical (unpaired) electrons. The SMILES string of the molecule is CCc1cccc(C)c1NC(=O)Cn1nc(SC)c(-c2nc(-c3cccc(C)c3)no2)c1N. The monoisotopic (exact) mass is 462 g/mol. The normalized spacial score (nSPS) is 11.0. The molecule has 0 fully saturated rings. The minimum Gasteiger partial charge on any atom is -0.383 e. The summed E-state index contributed by atoms with van der Waals surface area (Å²) in [5.74, 6) is 0.831. The smallest absolute Gasteiger partial charge is 0.264 e. The minimum absolute atomic E-state index is 0.0320. The van der Waals surface area contributed by atoms with Crippen LogP contribution in [0.25, 0.3) is 22.8 Å². The van der Waals surface area contributed by atoms with E-state index in [1.165, 1.54) is 16.4 Å². The Kier molecular flexibility index (Phi) is 6.50. The van der Waals surface area contributed by atoms with Crippen LogP contribution in [-0.2, 0) is 17.8 Å². The number of amides is 1. The second-order valence-electron chi connectivity index (χ2n) is 7.73. The van der Waals surface area contributed by atoms with Crippen molar-refractivity contribution in [1.29, 1.82) is 0 Å². The highest BCUT2D eigenvalue weighted by Crippen LogP contribution is 2.35. The van der Waals surface area contributed by atoms with Gasteiger partial charge in [-0.3, -0.25) is 4.79 Å². The number of thioether (sulfide) groups is 1. The van der Waals surface area contributed by atoms with Gasteiger partial charge in [-0.2, -0.15) is 10.1 Å². The number of para-hydroxylation sites is 1. The second-order valence-corrected chi connectivity index (χ2v) is 8.53. The first-order chi connectivity index (χ1) is 15.9. The Balaban J connectivity index is 1.61. The molecule has 0 aliphatic carbocycles. The lowest BCUT2D eigenvalue weighted by atomic mass is 10.1. The fourth-order valence-electron chi connectivity index (χ4n) is 3.66. The van der Waals surface area contributed by atoms with Gasteiger partial charge in [0.05, 0.1) is 0 Å². The number of carbonyl (C=O) groups excluding carboxylic acids is 1. The molecule has 8 nitrogen and oxygen atoms in total. The molecule has 0 spiro atoms. The number of hydrogen-bond acceptors (Lipinski definition) is 7. The summed E-state index contributed by atoms with van der Waals surface area (Å²) < 4.78 is 6.99. The number of carbonyl (C=O) groups is 1. The van der Waals surface area contributed by atoms with Crippen LogP contribution in [0.1, 0.15) is 23.6 Å². The molecule has 2 aromatic carbocycles. The van der Waals surface area contributed by atoms with Crippen LogP contribution in [0.4, 0.5) is 11.5 Å². The van der Waals surface area contributed by atoms with Crippen molar-refractivity contribution in [2.75, 3.05) is 17.3 Å². The van der Waals surface area contributed by atoms with Crippen molar-refractivity contribution < 1.29 is 9.32 Å². The predicted molar refractivity (Wildman–Crippen MR) is 131 cm³/mol. The van der Waals surface area contributed by atoms with E-state index in [2.05, 4.69) is 27.5 Å². The van der Waals surface area contributed by atoms with E-state index < -0.39 is 0 Å². The number of nitrogen functional groups attached to an aromatic ring is 1.